The summed E-state index contributed by atoms with van der Waals surface area (Å²) in [6, 6.07) is 3.94. The normalized spacial score (nSPS) is 36.8. The number of hydrogen-bond acceptors (Lipinski definition) is 15. The Balaban J connectivity index is 0.964. The summed E-state index contributed by atoms with van der Waals surface area (Å²) < 4.78 is 100. The second-order valence-electron chi connectivity index (χ2n) is 20.1. The summed E-state index contributed by atoms with van der Waals surface area (Å²) in [7, 11) is 3.37. The molecule has 8 fully saturated rings. The zero-order valence-electron chi connectivity index (χ0n) is 39.1. The largest absolute Gasteiger partial charge is 0.497 e. The number of benzene rings is 1. The molecule has 0 aromatic heterocycles. The molecular formula is C50H76O15. The van der Waals surface area contributed by atoms with Gasteiger partial charge < -0.3 is 71.1 Å². The van der Waals surface area contributed by atoms with Crippen molar-refractivity contribution in [2.45, 2.75) is 214 Å². The highest BCUT2D eigenvalue weighted by Gasteiger charge is 2.54. The van der Waals surface area contributed by atoms with Gasteiger partial charge in [0.15, 0.2) is 23.1 Å². The van der Waals surface area contributed by atoms with E-state index in [1.807, 2.05) is 12.1 Å². The van der Waals surface area contributed by atoms with Crippen LogP contribution in [-0.2, 0) is 74.8 Å². The highest BCUT2D eigenvalue weighted by Crippen LogP contribution is 2.46. The van der Waals surface area contributed by atoms with Crippen LogP contribution in [0.3, 0.4) is 0 Å². The maximum absolute atomic E-state index is 7.12. The fraction of sp³-hybridized carbons (Fsp3) is 0.880. The maximum Gasteiger partial charge on any atom is 0.169 e. The fourth-order valence-electron chi connectivity index (χ4n) is 12.3. The molecule has 4 saturated heterocycles. The molecule has 15 heteroatoms. The molecular weight excluding hydrogens is 841 g/mol. The quantitative estimate of drug-likeness (QED) is 0.277. The Morgan fingerprint density at radius 2 is 0.723 bits per heavy atom. The smallest absolute Gasteiger partial charge is 0.169 e. The van der Waals surface area contributed by atoms with Crippen LogP contribution in [0.15, 0.2) is 12.1 Å². The van der Waals surface area contributed by atoms with E-state index in [0.29, 0.717) is 64.4 Å². The Bertz CT molecular complexity index is 1560. The van der Waals surface area contributed by atoms with Crippen molar-refractivity contribution < 1.29 is 71.1 Å². The minimum Gasteiger partial charge on any atom is -0.497 e. The van der Waals surface area contributed by atoms with Crippen LogP contribution in [0.2, 0.25) is 0 Å². The van der Waals surface area contributed by atoms with Crippen LogP contribution in [0.1, 0.15) is 140 Å². The van der Waals surface area contributed by atoms with Crippen LogP contribution in [0.4, 0.5) is 0 Å². The van der Waals surface area contributed by atoms with Crippen LogP contribution < -0.4 is 9.47 Å². The summed E-state index contributed by atoms with van der Waals surface area (Å²) in [6.45, 7) is 3.19. The molecule has 10 rings (SSSR count). The van der Waals surface area contributed by atoms with Gasteiger partial charge in [-0.15, -0.1) is 0 Å². The van der Waals surface area contributed by atoms with Gasteiger partial charge in [0.05, 0.1) is 80.3 Å². The van der Waals surface area contributed by atoms with Gasteiger partial charge in [0.1, 0.15) is 60.3 Å². The van der Waals surface area contributed by atoms with E-state index in [-0.39, 0.29) is 25.4 Å². The molecule has 5 aliphatic heterocycles. The summed E-state index contributed by atoms with van der Waals surface area (Å²) in [5.41, 5.74) is 1.60. The Morgan fingerprint density at radius 1 is 0.400 bits per heavy atom. The lowest BCUT2D eigenvalue weighted by molar-refractivity contribution is -0.234. The zero-order valence-corrected chi connectivity index (χ0v) is 39.1. The van der Waals surface area contributed by atoms with Gasteiger partial charge in [-0.05, 0) is 63.5 Å². The van der Waals surface area contributed by atoms with Crippen molar-refractivity contribution in [3.63, 3.8) is 0 Å². The number of fused-ring (bicyclic) bond motifs is 2. The minimum atomic E-state index is -0.618. The van der Waals surface area contributed by atoms with Crippen molar-refractivity contribution in [1.82, 2.24) is 0 Å². The molecule has 1 aromatic carbocycles. The lowest BCUT2D eigenvalue weighted by atomic mass is 9.94. The van der Waals surface area contributed by atoms with E-state index in [1.54, 1.807) is 14.2 Å². The molecule has 0 radical (unpaired) electrons. The van der Waals surface area contributed by atoms with Crippen LogP contribution in [0.25, 0.3) is 0 Å². The molecule has 65 heavy (non-hydrogen) atoms. The lowest BCUT2D eigenvalue weighted by Gasteiger charge is -2.38. The van der Waals surface area contributed by atoms with Gasteiger partial charge in [0, 0.05) is 62.5 Å². The number of hydrogen-bond donors (Lipinski definition) is 0. The number of ether oxygens (including phenoxy) is 15. The second-order valence-corrected chi connectivity index (χ2v) is 20.1. The first kappa shape index (κ1) is 47.0. The molecule has 8 unspecified atom stereocenters. The molecule has 366 valence electrons. The van der Waals surface area contributed by atoms with E-state index in [1.165, 1.54) is 25.7 Å². The predicted molar refractivity (Wildman–Crippen MR) is 234 cm³/mol. The Labute approximate surface area is 385 Å². The van der Waals surface area contributed by atoms with Crippen molar-refractivity contribution in [1.29, 1.82) is 0 Å². The van der Waals surface area contributed by atoms with Crippen molar-refractivity contribution in [3.05, 3.63) is 23.3 Å². The van der Waals surface area contributed by atoms with E-state index in [2.05, 4.69) is 0 Å². The first-order valence-corrected chi connectivity index (χ1v) is 25.5. The van der Waals surface area contributed by atoms with Gasteiger partial charge in [0.2, 0.25) is 0 Å². The van der Waals surface area contributed by atoms with Crippen LogP contribution in [0, 0.1) is 0 Å². The molecule has 15 nitrogen and oxygen atoms in total. The SMILES string of the molecule is COc1cc2c(OC)c(c1)COC(C1COC3(CCCCC3)O1)C(C1COC3(CCCCC3)O1)OCCOCCOC(C1COC3(CCCCC3)O1)C(C1COC3(CCCCC3)O1)OC2. The average Bonchev–Trinajstić information content (AvgIpc) is 4.14. The summed E-state index contributed by atoms with van der Waals surface area (Å²) in [5.74, 6) is -1.14. The fourth-order valence-corrected chi connectivity index (χ4v) is 12.3. The van der Waals surface area contributed by atoms with Gasteiger partial charge in [-0.2, -0.15) is 0 Å². The topological polar surface area (TPSA) is 138 Å². The van der Waals surface area contributed by atoms with Crippen molar-refractivity contribution >= 4 is 0 Å². The van der Waals surface area contributed by atoms with Crippen molar-refractivity contribution in [3.8, 4) is 11.5 Å². The second kappa shape index (κ2) is 21.1. The molecule has 4 aliphatic carbocycles. The van der Waals surface area contributed by atoms with Gasteiger partial charge in [-0.1, -0.05) is 25.7 Å². The van der Waals surface area contributed by atoms with Gasteiger partial charge in [0.25, 0.3) is 0 Å². The minimum absolute atomic E-state index is 0.173. The molecule has 4 saturated carbocycles. The summed E-state index contributed by atoms with van der Waals surface area (Å²) in [5, 5.41) is 0. The number of rotatable bonds is 6. The van der Waals surface area contributed by atoms with Crippen LogP contribution in [0.5, 0.6) is 11.5 Å². The third-order valence-corrected chi connectivity index (χ3v) is 15.7. The standard InChI is InChI=1S/C50H76O15/c1-51-37-27-35-29-56-45(40-33-60-49(64-40)19-11-5-12-20-49)43(38-31-58-47(62-38)15-7-3-8-16-47)54-25-23-53-24-26-55-44(39-32-59-48(63-39)17-9-4-10-18-48)46(57-30-36(28-37)42(35)52-2)41-34-61-50(65-41)21-13-6-14-22-50/h27-28,38-41,43-46H,3-26,29-34H2,1-2H3. The van der Waals surface area contributed by atoms with Gasteiger partial charge in [-0.3, -0.25) is 0 Å². The molecule has 8 atom stereocenters. The monoisotopic (exact) mass is 917 g/mol. The van der Waals surface area contributed by atoms with Crippen LogP contribution in [-0.4, -0.2) is 139 Å². The Hall–Kier alpha value is -1.70. The summed E-state index contributed by atoms with van der Waals surface area (Å²) in [6.07, 6.45) is 16.4. The van der Waals surface area contributed by atoms with E-state index in [0.717, 1.165) is 114 Å². The van der Waals surface area contributed by atoms with E-state index >= 15 is 0 Å². The van der Waals surface area contributed by atoms with Gasteiger partial charge in [-0.25, -0.2) is 0 Å². The molecule has 2 bridgehead atoms. The first-order valence-electron chi connectivity index (χ1n) is 25.5. The molecule has 0 N–H and O–H groups in total. The Kier molecular flexibility index (Phi) is 15.3. The molecule has 0 amide bonds. The zero-order chi connectivity index (χ0) is 44.2. The molecule has 4 spiro atoms. The summed E-state index contributed by atoms with van der Waals surface area (Å²) in [4.78, 5) is 0. The number of methoxy groups -OCH3 is 2. The Morgan fingerprint density at radius 3 is 1.03 bits per heavy atom. The van der Waals surface area contributed by atoms with Crippen LogP contribution >= 0.6 is 0 Å². The van der Waals surface area contributed by atoms with E-state index in [4.69, 9.17) is 71.1 Å². The third kappa shape index (κ3) is 10.6. The predicted octanol–water partition coefficient (Wildman–Crippen LogP) is 7.58. The van der Waals surface area contributed by atoms with E-state index < -0.39 is 59.8 Å². The van der Waals surface area contributed by atoms with Crippen molar-refractivity contribution in [2.75, 3.05) is 67.1 Å². The lowest BCUT2D eigenvalue weighted by Crippen LogP contribution is -2.51. The highest BCUT2D eigenvalue weighted by molar-refractivity contribution is 5.47. The third-order valence-electron chi connectivity index (χ3n) is 15.7. The van der Waals surface area contributed by atoms with Crippen molar-refractivity contribution in [2.24, 2.45) is 0 Å². The molecule has 5 heterocycles. The maximum atomic E-state index is 7.12. The molecule has 9 aliphatic rings. The van der Waals surface area contributed by atoms with E-state index in [9.17, 15) is 0 Å². The average molecular weight is 917 g/mol. The summed E-state index contributed by atoms with van der Waals surface area (Å²) >= 11 is 0. The highest BCUT2D eigenvalue weighted by atomic mass is 16.8. The molecule has 1 aromatic rings. The first-order chi connectivity index (χ1) is 31.9. The van der Waals surface area contributed by atoms with Gasteiger partial charge >= 0.3 is 0 Å².